The number of ether oxygens (including phenoxy) is 2. The van der Waals surface area contributed by atoms with Crippen molar-refractivity contribution >= 4 is 16.8 Å². The Bertz CT molecular complexity index is 1180. The minimum absolute atomic E-state index is 0.0308. The molecular formula is C27H28N2O3. The molecule has 1 amide bonds. The zero-order valence-electron chi connectivity index (χ0n) is 18.7. The number of benzene rings is 3. The number of nitrogens with one attached hydrogen (secondary N) is 1. The second kappa shape index (κ2) is 9.60. The summed E-state index contributed by atoms with van der Waals surface area (Å²) in [7, 11) is 3.47. The second-order valence-electron chi connectivity index (χ2n) is 7.76. The van der Waals surface area contributed by atoms with Crippen LogP contribution in [0.2, 0.25) is 0 Å². The number of likely N-dealkylation sites (N-methyl/N-ethyl adjacent to an activating group) is 1. The van der Waals surface area contributed by atoms with Gasteiger partial charge in [0.2, 0.25) is 0 Å². The van der Waals surface area contributed by atoms with Crippen molar-refractivity contribution in [3.05, 3.63) is 95.7 Å². The molecule has 0 aliphatic rings. The van der Waals surface area contributed by atoms with Crippen LogP contribution in [-0.2, 0) is 11.2 Å². The van der Waals surface area contributed by atoms with Gasteiger partial charge >= 0.3 is 0 Å². The summed E-state index contributed by atoms with van der Waals surface area (Å²) in [5.41, 5.74) is 4.31. The van der Waals surface area contributed by atoms with Gasteiger partial charge in [0, 0.05) is 29.7 Å². The number of hydrogen-bond acceptors (Lipinski definition) is 3. The smallest absolute Gasteiger partial charge is 0.261 e. The number of amides is 1. The number of aryl methyl sites for hydroxylation is 1. The maximum absolute atomic E-state index is 13.2. The summed E-state index contributed by atoms with van der Waals surface area (Å²) in [6.07, 6.45) is 2.95. The van der Waals surface area contributed by atoms with Gasteiger partial charge in [-0.1, -0.05) is 49.4 Å². The lowest BCUT2D eigenvalue weighted by atomic mass is 9.96. The molecular weight excluding hydrogens is 400 g/mol. The van der Waals surface area contributed by atoms with Crippen LogP contribution in [0.1, 0.15) is 29.7 Å². The molecule has 0 spiro atoms. The molecule has 4 rings (SSSR count). The molecule has 5 heteroatoms. The standard InChI is InChI=1S/C27H28N2O3/c1-4-19-9-13-22(14-10-19)32-18-26(30)29(2)27(20-11-15-21(31-3)16-12-20)24-17-28-25-8-6-5-7-23(24)25/h5-17,27-28H,4,18H2,1-3H3/t27-/m1/s1. The Morgan fingerprint density at radius 3 is 2.34 bits per heavy atom. The number of aromatic nitrogens is 1. The third-order valence-corrected chi connectivity index (χ3v) is 5.82. The van der Waals surface area contributed by atoms with E-state index >= 15 is 0 Å². The van der Waals surface area contributed by atoms with Gasteiger partial charge in [0.1, 0.15) is 11.5 Å². The lowest BCUT2D eigenvalue weighted by Gasteiger charge is -2.29. The average Bonchev–Trinajstić information content (AvgIpc) is 3.27. The number of fused-ring (bicyclic) bond motifs is 1. The maximum atomic E-state index is 13.2. The number of H-pyrrole nitrogens is 1. The van der Waals surface area contributed by atoms with E-state index in [4.69, 9.17) is 9.47 Å². The summed E-state index contributed by atoms with van der Waals surface area (Å²) < 4.78 is 11.1. The Morgan fingerprint density at radius 2 is 1.66 bits per heavy atom. The number of rotatable bonds is 8. The van der Waals surface area contributed by atoms with Crippen molar-refractivity contribution in [1.82, 2.24) is 9.88 Å². The molecule has 1 aromatic heterocycles. The first-order valence-corrected chi connectivity index (χ1v) is 10.8. The molecule has 32 heavy (non-hydrogen) atoms. The van der Waals surface area contributed by atoms with Gasteiger partial charge in [-0.2, -0.15) is 0 Å². The summed E-state index contributed by atoms with van der Waals surface area (Å²) in [4.78, 5) is 18.3. The summed E-state index contributed by atoms with van der Waals surface area (Å²) in [5, 5.41) is 1.09. The fraction of sp³-hybridized carbons (Fsp3) is 0.222. The topological polar surface area (TPSA) is 54.6 Å². The van der Waals surface area contributed by atoms with Crippen molar-refractivity contribution in [2.75, 3.05) is 20.8 Å². The summed E-state index contributed by atoms with van der Waals surface area (Å²) in [6.45, 7) is 2.08. The van der Waals surface area contributed by atoms with E-state index in [0.29, 0.717) is 5.75 Å². The lowest BCUT2D eigenvalue weighted by Crippen LogP contribution is -2.35. The van der Waals surface area contributed by atoms with Gasteiger partial charge in [-0.3, -0.25) is 4.79 Å². The van der Waals surface area contributed by atoms with Crippen LogP contribution in [0.3, 0.4) is 0 Å². The number of hydrogen-bond donors (Lipinski definition) is 1. The molecule has 0 fully saturated rings. The third-order valence-electron chi connectivity index (χ3n) is 5.82. The molecule has 4 aromatic rings. The van der Waals surface area contributed by atoms with Crippen molar-refractivity contribution < 1.29 is 14.3 Å². The molecule has 1 N–H and O–H groups in total. The highest BCUT2D eigenvalue weighted by Gasteiger charge is 2.26. The van der Waals surface area contributed by atoms with Crippen LogP contribution < -0.4 is 9.47 Å². The normalized spacial score (nSPS) is 11.8. The number of carbonyl (C=O) groups is 1. The number of aromatic amines is 1. The summed E-state index contributed by atoms with van der Waals surface area (Å²) in [6, 6.07) is 23.5. The highest BCUT2D eigenvalue weighted by molar-refractivity contribution is 5.85. The van der Waals surface area contributed by atoms with Crippen molar-refractivity contribution in [3.63, 3.8) is 0 Å². The molecule has 5 nitrogen and oxygen atoms in total. The largest absolute Gasteiger partial charge is 0.497 e. The Morgan fingerprint density at radius 1 is 0.969 bits per heavy atom. The minimum atomic E-state index is -0.268. The number of para-hydroxylation sites is 1. The maximum Gasteiger partial charge on any atom is 0.261 e. The molecule has 1 atom stereocenters. The van der Waals surface area contributed by atoms with E-state index in [2.05, 4.69) is 18.0 Å². The van der Waals surface area contributed by atoms with E-state index in [1.165, 1.54) is 5.56 Å². The average molecular weight is 429 g/mol. The van der Waals surface area contributed by atoms with Crippen LogP contribution in [0.15, 0.2) is 79.0 Å². The van der Waals surface area contributed by atoms with Crippen LogP contribution in [-0.4, -0.2) is 36.6 Å². The zero-order chi connectivity index (χ0) is 22.5. The fourth-order valence-electron chi connectivity index (χ4n) is 3.93. The van der Waals surface area contributed by atoms with E-state index in [-0.39, 0.29) is 18.6 Å². The Hall–Kier alpha value is -3.73. The highest BCUT2D eigenvalue weighted by atomic mass is 16.5. The fourth-order valence-corrected chi connectivity index (χ4v) is 3.93. The SMILES string of the molecule is CCc1ccc(OCC(=O)N(C)[C@H](c2ccc(OC)cc2)c2c[nH]c3ccccc23)cc1. The van der Waals surface area contributed by atoms with Gasteiger partial charge in [-0.15, -0.1) is 0 Å². The molecule has 0 saturated heterocycles. The van der Waals surface area contributed by atoms with E-state index in [0.717, 1.165) is 34.2 Å². The molecule has 0 bridgehead atoms. The molecule has 0 unspecified atom stereocenters. The Labute approximate surface area is 188 Å². The molecule has 1 heterocycles. The van der Waals surface area contributed by atoms with Crippen LogP contribution in [0, 0.1) is 0 Å². The molecule has 0 radical (unpaired) electrons. The van der Waals surface area contributed by atoms with Crippen molar-refractivity contribution in [1.29, 1.82) is 0 Å². The number of methoxy groups -OCH3 is 1. The van der Waals surface area contributed by atoms with Crippen molar-refractivity contribution in [2.24, 2.45) is 0 Å². The van der Waals surface area contributed by atoms with Gasteiger partial charge in [0.15, 0.2) is 6.61 Å². The van der Waals surface area contributed by atoms with Crippen molar-refractivity contribution in [3.8, 4) is 11.5 Å². The predicted molar refractivity (Wildman–Crippen MR) is 127 cm³/mol. The minimum Gasteiger partial charge on any atom is -0.497 e. The quantitative estimate of drug-likeness (QED) is 0.411. The van der Waals surface area contributed by atoms with Gasteiger partial charge in [0.05, 0.1) is 13.2 Å². The lowest BCUT2D eigenvalue weighted by molar-refractivity contribution is -0.133. The van der Waals surface area contributed by atoms with E-state index < -0.39 is 0 Å². The molecule has 0 aliphatic carbocycles. The van der Waals surface area contributed by atoms with Gasteiger partial charge < -0.3 is 19.4 Å². The monoisotopic (exact) mass is 428 g/mol. The molecule has 0 aliphatic heterocycles. The second-order valence-corrected chi connectivity index (χ2v) is 7.76. The predicted octanol–water partition coefficient (Wildman–Crippen LogP) is 5.37. The van der Waals surface area contributed by atoms with Crippen LogP contribution >= 0.6 is 0 Å². The highest BCUT2D eigenvalue weighted by Crippen LogP contribution is 2.34. The first-order chi connectivity index (χ1) is 15.6. The van der Waals surface area contributed by atoms with Gasteiger partial charge in [0.25, 0.3) is 5.91 Å². The third kappa shape index (κ3) is 4.47. The number of nitrogens with zero attached hydrogens (tertiary/aromatic N) is 1. The van der Waals surface area contributed by atoms with Gasteiger partial charge in [-0.05, 0) is 47.9 Å². The van der Waals surface area contributed by atoms with Crippen molar-refractivity contribution in [2.45, 2.75) is 19.4 Å². The summed E-state index contributed by atoms with van der Waals surface area (Å²) >= 11 is 0. The molecule has 0 saturated carbocycles. The first kappa shape index (κ1) is 21.5. The van der Waals surface area contributed by atoms with Crippen LogP contribution in [0.5, 0.6) is 11.5 Å². The van der Waals surface area contributed by atoms with E-state index in [1.54, 1.807) is 12.0 Å². The van der Waals surface area contributed by atoms with E-state index in [9.17, 15) is 4.79 Å². The first-order valence-electron chi connectivity index (χ1n) is 10.8. The summed E-state index contributed by atoms with van der Waals surface area (Å²) in [5.74, 6) is 1.37. The zero-order valence-corrected chi connectivity index (χ0v) is 18.7. The Kier molecular flexibility index (Phi) is 6.45. The Balaban J connectivity index is 1.61. The number of carbonyl (C=O) groups excluding carboxylic acids is 1. The molecule has 164 valence electrons. The van der Waals surface area contributed by atoms with E-state index in [1.807, 2.05) is 80.0 Å². The van der Waals surface area contributed by atoms with Crippen LogP contribution in [0.25, 0.3) is 10.9 Å². The molecule has 3 aromatic carbocycles. The van der Waals surface area contributed by atoms with Crippen LogP contribution in [0.4, 0.5) is 0 Å². The van der Waals surface area contributed by atoms with Gasteiger partial charge in [-0.25, -0.2) is 0 Å².